The second-order valence-corrected chi connectivity index (χ2v) is 4.15. The predicted octanol–water partition coefficient (Wildman–Crippen LogP) is 0.376. The lowest BCUT2D eigenvalue weighted by Gasteiger charge is -2.18. The molecule has 68 valence electrons. The van der Waals surface area contributed by atoms with Crippen LogP contribution in [0.5, 0.6) is 0 Å². The minimum atomic E-state index is -1.08. The van der Waals surface area contributed by atoms with E-state index in [4.69, 9.17) is 5.11 Å². The Hall–Kier alpha value is -1.06. The van der Waals surface area contributed by atoms with Crippen LogP contribution in [0.15, 0.2) is 0 Å². The first-order valence-corrected chi connectivity index (χ1v) is 3.84. The molecule has 0 aliphatic carbocycles. The summed E-state index contributed by atoms with van der Waals surface area (Å²) in [7, 11) is 0. The van der Waals surface area contributed by atoms with E-state index in [1.54, 1.807) is 13.8 Å². The molecule has 1 atom stereocenters. The van der Waals surface area contributed by atoms with E-state index in [9.17, 15) is 9.59 Å². The predicted molar refractivity (Wildman–Crippen MR) is 42.6 cm³/mol. The van der Waals surface area contributed by atoms with Crippen molar-refractivity contribution in [1.82, 2.24) is 5.32 Å². The van der Waals surface area contributed by atoms with Gasteiger partial charge in [0.05, 0.1) is 0 Å². The number of carbonyl (C=O) groups excluding carboxylic acids is 1. The van der Waals surface area contributed by atoms with Gasteiger partial charge in [-0.25, -0.2) is 4.79 Å². The largest absolute Gasteiger partial charge is 0.480 e. The molecule has 0 bridgehead atoms. The van der Waals surface area contributed by atoms with Crippen molar-refractivity contribution in [2.45, 2.75) is 32.7 Å². The highest BCUT2D eigenvalue weighted by atomic mass is 16.4. The normalized spacial score (nSPS) is 33.1. The van der Waals surface area contributed by atoms with Crippen LogP contribution in [0.4, 0.5) is 0 Å². The lowest BCUT2D eigenvalue weighted by atomic mass is 9.84. The van der Waals surface area contributed by atoms with Crippen molar-refractivity contribution >= 4 is 11.9 Å². The van der Waals surface area contributed by atoms with Gasteiger partial charge in [0.1, 0.15) is 5.54 Å². The van der Waals surface area contributed by atoms with Crippen LogP contribution in [0.2, 0.25) is 0 Å². The molecule has 0 aromatic heterocycles. The average molecular weight is 171 g/mol. The van der Waals surface area contributed by atoms with Crippen LogP contribution in [-0.4, -0.2) is 22.5 Å². The third-order valence-corrected chi connectivity index (χ3v) is 2.27. The van der Waals surface area contributed by atoms with Gasteiger partial charge in [0.2, 0.25) is 5.91 Å². The number of hydrogen-bond acceptors (Lipinski definition) is 2. The fraction of sp³-hybridized carbons (Fsp3) is 0.750. The number of nitrogens with one attached hydrogen (secondary N) is 1. The molecule has 0 saturated carbocycles. The maximum Gasteiger partial charge on any atom is 0.329 e. The molecular formula is C8H13NO3. The summed E-state index contributed by atoms with van der Waals surface area (Å²) in [6, 6.07) is 0. The fourth-order valence-corrected chi connectivity index (χ4v) is 1.56. The molecule has 1 fully saturated rings. The zero-order valence-electron chi connectivity index (χ0n) is 7.47. The molecule has 12 heavy (non-hydrogen) atoms. The number of hydrogen-bond donors (Lipinski definition) is 2. The second kappa shape index (κ2) is 2.21. The lowest BCUT2D eigenvalue weighted by Crippen LogP contribution is -2.45. The molecule has 0 radical (unpaired) electrons. The van der Waals surface area contributed by atoms with E-state index in [-0.39, 0.29) is 5.91 Å². The van der Waals surface area contributed by atoms with E-state index in [0.29, 0.717) is 6.42 Å². The standard InChI is InChI=1S/C8H13NO3/c1-7(2)4-8(3,6(11)12)9-5(7)10/h4H2,1-3H3,(H,9,10)(H,11,12). The van der Waals surface area contributed by atoms with E-state index in [0.717, 1.165) is 0 Å². The van der Waals surface area contributed by atoms with Crippen molar-refractivity contribution in [3.8, 4) is 0 Å². The Kier molecular flexibility index (Phi) is 1.67. The molecule has 0 aromatic carbocycles. The van der Waals surface area contributed by atoms with Gasteiger partial charge in [-0.15, -0.1) is 0 Å². The molecule has 1 aliphatic heterocycles. The summed E-state index contributed by atoms with van der Waals surface area (Å²) < 4.78 is 0. The van der Waals surface area contributed by atoms with Crippen LogP contribution in [0.3, 0.4) is 0 Å². The molecule has 2 N–H and O–H groups in total. The maximum absolute atomic E-state index is 11.2. The number of carboxylic acid groups (broad SMARTS) is 1. The fourth-order valence-electron chi connectivity index (χ4n) is 1.56. The van der Waals surface area contributed by atoms with Gasteiger partial charge in [-0.05, 0) is 13.3 Å². The minimum absolute atomic E-state index is 0.188. The van der Waals surface area contributed by atoms with Gasteiger partial charge in [0, 0.05) is 5.41 Å². The van der Waals surface area contributed by atoms with E-state index < -0.39 is 16.9 Å². The minimum Gasteiger partial charge on any atom is -0.480 e. The van der Waals surface area contributed by atoms with Crippen LogP contribution in [0.25, 0.3) is 0 Å². The Labute approximate surface area is 71.0 Å². The first kappa shape index (κ1) is 9.03. The van der Waals surface area contributed by atoms with Crippen LogP contribution in [-0.2, 0) is 9.59 Å². The van der Waals surface area contributed by atoms with E-state index >= 15 is 0 Å². The monoisotopic (exact) mass is 171 g/mol. The molecule has 1 rings (SSSR count). The lowest BCUT2D eigenvalue weighted by molar-refractivity contribution is -0.144. The van der Waals surface area contributed by atoms with Crippen LogP contribution < -0.4 is 5.32 Å². The van der Waals surface area contributed by atoms with Gasteiger partial charge < -0.3 is 10.4 Å². The van der Waals surface area contributed by atoms with Crippen molar-refractivity contribution in [1.29, 1.82) is 0 Å². The van der Waals surface area contributed by atoms with Gasteiger partial charge in [-0.2, -0.15) is 0 Å². The van der Waals surface area contributed by atoms with Crippen molar-refractivity contribution in [3.63, 3.8) is 0 Å². The molecule has 1 heterocycles. The van der Waals surface area contributed by atoms with Gasteiger partial charge in [-0.1, -0.05) is 13.8 Å². The smallest absolute Gasteiger partial charge is 0.329 e. The molecule has 0 aromatic rings. The van der Waals surface area contributed by atoms with Crippen molar-refractivity contribution < 1.29 is 14.7 Å². The van der Waals surface area contributed by atoms with Crippen molar-refractivity contribution in [2.75, 3.05) is 0 Å². The van der Waals surface area contributed by atoms with Crippen LogP contribution >= 0.6 is 0 Å². The van der Waals surface area contributed by atoms with Crippen LogP contribution in [0.1, 0.15) is 27.2 Å². The summed E-state index contributed by atoms with van der Waals surface area (Å²) in [5.41, 5.74) is -1.65. The first-order chi connectivity index (χ1) is 5.28. The Morgan fingerprint density at radius 1 is 1.50 bits per heavy atom. The third-order valence-electron chi connectivity index (χ3n) is 2.27. The summed E-state index contributed by atoms with van der Waals surface area (Å²) in [5, 5.41) is 11.3. The first-order valence-electron chi connectivity index (χ1n) is 3.84. The number of amides is 1. The highest BCUT2D eigenvalue weighted by molar-refractivity contribution is 5.93. The molecule has 1 unspecified atom stereocenters. The summed E-state index contributed by atoms with van der Waals surface area (Å²) in [4.78, 5) is 22.0. The Balaban J connectivity index is 2.92. The number of aliphatic carboxylic acids is 1. The second-order valence-electron chi connectivity index (χ2n) is 4.15. The van der Waals surface area contributed by atoms with Gasteiger partial charge >= 0.3 is 5.97 Å². The topological polar surface area (TPSA) is 66.4 Å². The van der Waals surface area contributed by atoms with Crippen LogP contribution in [0, 0.1) is 5.41 Å². The average Bonchev–Trinajstić information content (AvgIpc) is 2.03. The highest BCUT2D eigenvalue weighted by Gasteiger charge is 2.50. The quantitative estimate of drug-likeness (QED) is 0.599. The summed E-state index contributed by atoms with van der Waals surface area (Å²) in [6.45, 7) is 5.02. The zero-order valence-corrected chi connectivity index (χ0v) is 7.47. The number of carboxylic acids is 1. The summed E-state index contributed by atoms with van der Waals surface area (Å²) in [5.74, 6) is -1.16. The molecule has 4 nitrogen and oxygen atoms in total. The third kappa shape index (κ3) is 1.17. The van der Waals surface area contributed by atoms with Gasteiger partial charge in [0.25, 0.3) is 0 Å². The van der Waals surface area contributed by atoms with Crippen molar-refractivity contribution in [3.05, 3.63) is 0 Å². The Bertz CT molecular complexity index is 247. The molecule has 1 saturated heterocycles. The number of rotatable bonds is 1. The number of carbonyl (C=O) groups is 2. The Morgan fingerprint density at radius 3 is 2.17 bits per heavy atom. The van der Waals surface area contributed by atoms with Gasteiger partial charge in [0.15, 0.2) is 0 Å². The van der Waals surface area contributed by atoms with E-state index in [1.165, 1.54) is 6.92 Å². The molecular weight excluding hydrogens is 158 g/mol. The highest BCUT2D eigenvalue weighted by Crippen LogP contribution is 2.34. The van der Waals surface area contributed by atoms with E-state index in [1.807, 2.05) is 0 Å². The zero-order chi connectivity index (χ0) is 9.57. The van der Waals surface area contributed by atoms with E-state index in [2.05, 4.69) is 5.32 Å². The van der Waals surface area contributed by atoms with Gasteiger partial charge in [-0.3, -0.25) is 4.79 Å². The molecule has 0 spiro atoms. The molecule has 1 aliphatic rings. The Morgan fingerprint density at radius 2 is 2.00 bits per heavy atom. The summed E-state index contributed by atoms with van der Waals surface area (Å²) in [6.07, 6.45) is 0.341. The SMILES string of the molecule is CC1(C)CC(C)(C(=O)O)NC1=O. The summed E-state index contributed by atoms with van der Waals surface area (Å²) >= 11 is 0. The maximum atomic E-state index is 11.2. The van der Waals surface area contributed by atoms with Crippen molar-refractivity contribution in [2.24, 2.45) is 5.41 Å². The molecule has 4 heteroatoms. The molecule has 1 amide bonds.